The number of aromatic nitrogens is 2. The van der Waals surface area contributed by atoms with Crippen LogP contribution < -0.4 is 9.80 Å². The SMILES string of the molecule is Clc1ncc2c(n1)N(C1CCCO1)CN2Cc1ccccc1. The second-order valence-corrected chi connectivity index (χ2v) is 5.95. The summed E-state index contributed by atoms with van der Waals surface area (Å²) in [6, 6.07) is 10.4. The van der Waals surface area contributed by atoms with E-state index in [1.54, 1.807) is 0 Å². The minimum absolute atomic E-state index is 0.0884. The van der Waals surface area contributed by atoms with E-state index in [1.165, 1.54) is 5.56 Å². The molecule has 1 aromatic heterocycles. The molecule has 0 N–H and O–H groups in total. The topological polar surface area (TPSA) is 41.5 Å². The fourth-order valence-electron chi connectivity index (χ4n) is 3.08. The molecule has 5 nitrogen and oxygen atoms in total. The quantitative estimate of drug-likeness (QED) is 0.814. The largest absolute Gasteiger partial charge is 0.358 e. The van der Waals surface area contributed by atoms with Gasteiger partial charge in [-0.3, -0.25) is 0 Å². The molecule has 1 fully saturated rings. The Labute approximate surface area is 134 Å². The second-order valence-electron chi connectivity index (χ2n) is 5.61. The first-order valence-electron chi connectivity index (χ1n) is 7.51. The van der Waals surface area contributed by atoms with Crippen LogP contribution in [-0.4, -0.2) is 29.5 Å². The monoisotopic (exact) mass is 316 g/mol. The molecule has 114 valence electrons. The zero-order valence-corrected chi connectivity index (χ0v) is 12.9. The first-order chi connectivity index (χ1) is 10.8. The lowest BCUT2D eigenvalue weighted by Gasteiger charge is -2.25. The third-order valence-electron chi connectivity index (χ3n) is 4.13. The number of anilines is 2. The van der Waals surface area contributed by atoms with Gasteiger partial charge in [-0.15, -0.1) is 0 Å². The molecule has 0 saturated carbocycles. The zero-order valence-electron chi connectivity index (χ0n) is 12.2. The Kier molecular flexibility index (Phi) is 3.60. The summed E-state index contributed by atoms with van der Waals surface area (Å²) in [7, 11) is 0. The van der Waals surface area contributed by atoms with Gasteiger partial charge in [0, 0.05) is 13.2 Å². The van der Waals surface area contributed by atoms with Gasteiger partial charge in [0.2, 0.25) is 5.28 Å². The van der Waals surface area contributed by atoms with Gasteiger partial charge in [0.15, 0.2) is 5.82 Å². The highest BCUT2D eigenvalue weighted by molar-refractivity contribution is 6.28. The highest BCUT2D eigenvalue weighted by atomic mass is 35.5. The Balaban J connectivity index is 1.64. The summed E-state index contributed by atoms with van der Waals surface area (Å²) in [5, 5.41) is 0.281. The fraction of sp³-hybridized carbons (Fsp3) is 0.375. The highest BCUT2D eigenvalue weighted by Crippen LogP contribution is 2.38. The number of halogens is 1. The molecule has 0 bridgehead atoms. The molecule has 2 aliphatic heterocycles. The molecule has 0 spiro atoms. The molecule has 1 saturated heterocycles. The molecule has 1 unspecified atom stereocenters. The summed E-state index contributed by atoms with van der Waals surface area (Å²) >= 11 is 6.00. The van der Waals surface area contributed by atoms with E-state index in [1.807, 2.05) is 12.3 Å². The maximum absolute atomic E-state index is 6.00. The molecule has 0 amide bonds. The number of nitrogens with zero attached hydrogens (tertiary/aromatic N) is 4. The number of rotatable bonds is 3. The van der Waals surface area contributed by atoms with Crippen LogP contribution >= 0.6 is 11.6 Å². The normalized spacial score (nSPS) is 20.5. The smallest absolute Gasteiger partial charge is 0.224 e. The third kappa shape index (κ3) is 2.51. The van der Waals surface area contributed by atoms with Crippen molar-refractivity contribution < 1.29 is 4.74 Å². The Morgan fingerprint density at radius 2 is 2.14 bits per heavy atom. The van der Waals surface area contributed by atoms with Gasteiger partial charge in [-0.2, -0.15) is 4.98 Å². The van der Waals surface area contributed by atoms with Gasteiger partial charge in [0.1, 0.15) is 11.9 Å². The summed E-state index contributed by atoms with van der Waals surface area (Å²) in [4.78, 5) is 13.0. The van der Waals surface area contributed by atoms with Crippen LogP contribution in [-0.2, 0) is 11.3 Å². The number of ether oxygens (including phenoxy) is 1. The van der Waals surface area contributed by atoms with Crippen LogP contribution in [0.2, 0.25) is 5.28 Å². The van der Waals surface area contributed by atoms with Crippen LogP contribution in [0.4, 0.5) is 11.5 Å². The molecule has 6 heteroatoms. The van der Waals surface area contributed by atoms with E-state index in [0.29, 0.717) is 0 Å². The van der Waals surface area contributed by atoms with Crippen molar-refractivity contribution in [2.24, 2.45) is 0 Å². The average molecular weight is 317 g/mol. The molecule has 1 atom stereocenters. The molecular formula is C16H17ClN4O. The van der Waals surface area contributed by atoms with Crippen molar-refractivity contribution >= 4 is 23.1 Å². The second kappa shape index (κ2) is 5.74. The Hall–Kier alpha value is -1.85. The van der Waals surface area contributed by atoms with E-state index in [0.717, 1.165) is 44.2 Å². The standard InChI is InChI=1S/C16H17ClN4O/c17-16-18-9-13-15(19-16)21(14-7-4-8-22-14)11-20(13)10-12-5-2-1-3-6-12/h1-3,5-6,9,14H,4,7-8,10-11H2. The zero-order chi connectivity index (χ0) is 14.9. The number of hydrogen-bond acceptors (Lipinski definition) is 5. The van der Waals surface area contributed by atoms with Gasteiger partial charge in [-0.05, 0) is 30.0 Å². The van der Waals surface area contributed by atoms with E-state index < -0.39 is 0 Å². The number of fused-ring (bicyclic) bond motifs is 1. The van der Waals surface area contributed by atoms with Crippen molar-refractivity contribution in [3.63, 3.8) is 0 Å². The van der Waals surface area contributed by atoms with E-state index in [4.69, 9.17) is 16.3 Å². The summed E-state index contributed by atoms with van der Waals surface area (Å²) in [6.07, 6.45) is 4.02. The van der Waals surface area contributed by atoms with Crippen LogP contribution in [0.5, 0.6) is 0 Å². The molecule has 22 heavy (non-hydrogen) atoms. The third-order valence-corrected chi connectivity index (χ3v) is 4.31. The summed E-state index contributed by atoms with van der Waals surface area (Å²) in [5.41, 5.74) is 2.28. The van der Waals surface area contributed by atoms with Crippen molar-refractivity contribution in [1.82, 2.24) is 9.97 Å². The minimum atomic E-state index is 0.0884. The molecule has 0 aliphatic carbocycles. The Bertz CT molecular complexity index is 660. The molecule has 2 aromatic rings. The Morgan fingerprint density at radius 1 is 1.27 bits per heavy atom. The Morgan fingerprint density at radius 3 is 2.91 bits per heavy atom. The molecule has 0 radical (unpaired) electrons. The average Bonchev–Trinajstić information content (AvgIpc) is 3.16. The van der Waals surface area contributed by atoms with Crippen LogP contribution in [0.3, 0.4) is 0 Å². The maximum Gasteiger partial charge on any atom is 0.224 e. The minimum Gasteiger partial charge on any atom is -0.358 e. The number of benzene rings is 1. The summed E-state index contributed by atoms with van der Waals surface area (Å²) in [6.45, 7) is 2.39. The van der Waals surface area contributed by atoms with E-state index in [9.17, 15) is 0 Å². The van der Waals surface area contributed by atoms with Gasteiger partial charge in [-0.25, -0.2) is 4.98 Å². The van der Waals surface area contributed by atoms with Crippen molar-refractivity contribution in [3.05, 3.63) is 47.4 Å². The first kappa shape index (κ1) is 13.8. The molecule has 3 heterocycles. The van der Waals surface area contributed by atoms with Gasteiger partial charge in [-0.1, -0.05) is 30.3 Å². The first-order valence-corrected chi connectivity index (χ1v) is 7.89. The predicted molar refractivity (Wildman–Crippen MR) is 86.0 cm³/mol. The highest BCUT2D eigenvalue weighted by Gasteiger charge is 2.34. The van der Waals surface area contributed by atoms with Crippen molar-refractivity contribution in [1.29, 1.82) is 0 Å². The van der Waals surface area contributed by atoms with Crippen molar-refractivity contribution in [3.8, 4) is 0 Å². The lowest BCUT2D eigenvalue weighted by Crippen LogP contribution is -2.38. The van der Waals surface area contributed by atoms with Gasteiger partial charge in [0.25, 0.3) is 0 Å². The fourth-order valence-corrected chi connectivity index (χ4v) is 3.21. The van der Waals surface area contributed by atoms with Crippen molar-refractivity contribution in [2.45, 2.75) is 25.6 Å². The van der Waals surface area contributed by atoms with E-state index >= 15 is 0 Å². The maximum atomic E-state index is 6.00. The molecule has 2 aliphatic rings. The lowest BCUT2D eigenvalue weighted by molar-refractivity contribution is 0.108. The van der Waals surface area contributed by atoms with E-state index in [2.05, 4.69) is 44.0 Å². The molecule has 1 aromatic carbocycles. The molecule has 4 rings (SSSR count). The summed E-state index contributed by atoms with van der Waals surface area (Å²) < 4.78 is 5.83. The van der Waals surface area contributed by atoms with Crippen LogP contribution in [0.25, 0.3) is 0 Å². The van der Waals surface area contributed by atoms with Crippen LogP contribution in [0.15, 0.2) is 36.5 Å². The van der Waals surface area contributed by atoms with Crippen LogP contribution in [0.1, 0.15) is 18.4 Å². The van der Waals surface area contributed by atoms with Gasteiger partial charge < -0.3 is 14.5 Å². The predicted octanol–water partition coefficient (Wildman–Crippen LogP) is 3.05. The lowest BCUT2D eigenvalue weighted by atomic mass is 10.2. The van der Waals surface area contributed by atoms with Crippen molar-refractivity contribution in [2.75, 3.05) is 23.1 Å². The van der Waals surface area contributed by atoms with Crippen LogP contribution in [0, 0.1) is 0 Å². The molecular weight excluding hydrogens is 300 g/mol. The number of hydrogen-bond donors (Lipinski definition) is 0. The van der Waals surface area contributed by atoms with Gasteiger partial charge >= 0.3 is 0 Å². The van der Waals surface area contributed by atoms with E-state index in [-0.39, 0.29) is 11.5 Å². The van der Waals surface area contributed by atoms with Gasteiger partial charge in [0.05, 0.1) is 12.9 Å². The summed E-state index contributed by atoms with van der Waals surface area (Å²) in [5.74, 6) is 0.878.